The minimum Gasteiger partial charge on any atom is -0.392 e. The van der Waals surface area contributed by atoms with Gasteiger partial charge in [-0.2, -0.15) is 0 Å². The lowest BCUT2D eigenvalue weighted by Crippen LogP contribution is -2.38. The zero-order valence-corrected chi connectivity index (χ0v) is 12.6. The Hall–Kier alpha value is -1.37. The number of hydrogen-bond acceptors (Lipinski definition) is 5. The minimum absolute atomic E-state index is 0.0959. The average molecular weight is 315 g/mol. The van der Waals surface area contributed by atoms with Crippen molar-refractivity contribution in [2.75, 3.05) is 26.2 Å². The van der Waals surface area contributed by atoms with Crippen LogP contribution in [0.3, 0.4) is 0 Å². The number of hydrogen-bond donors (Lipinski definition) is 2. The molecule has 0 aromatic carbocycles. The van der Waals surface area contributed by atoms with Gasteiger partial charge in [0, 0.05) is 17.3 Å². The van der Waals surface area contributed by atoms with E-state index in [1.165, 1.54) is 31.7 Å². The highest BCUT2D eigenvalue weighted by atomic mass is 35.5. The van der Waals surface area contributed by atoms with Crippen molar-refractivity contribution in [3.8, 4) is 0 Å². The highest BCUT2D eigenvalue weighted by Gasteiger charge is 2.15. The Morgan fingerprint density at radius 2 is 2.19 bits per heavy atom. The lowest BCUT2D eigenvalue weighted by Gasteiger charge is -2.27. The van der Waals surface area contributed by atoms with Crippen LogP contribution in [-0.2, 0) is 4.84 Å². The number of likely N-dealkylation sites (tertiary alicyclic amines) is 1. The molecule has 21 heavy (non-hydrogen) atoms. The van der Waals surface area contributed by atoms with Gasteiger partial charge in [0.1, 0.15) is 12.7 Å². The number of rotatable bonds is 6. The first-order valence-electron chi connectivity index (χ1n) is 7.12. The number of oxime groups is 1. The van der Waals surface area contributed by atoms with Gasteiger partial charge in [0.2, 0.25) is 12.4 Å². The summed E-state index contributed by atoms with van der Waals surface area (Å²) in [5.41, 5.74) is 0.534. The van der Waals surface area contributed by atoms with Crippen LogP contribution in [0.25, 0.3) is 0 Å². The van der Waals surface area contributed by atoms with Crippen LogP contribution in [0.1, 0.15) is 24.8 Å². The number of pyridine rings is 1. The molecule has 0 saturated carbocycles. The Labute approximate surface area is 129 Å². The van der Waals surface area contributed by atoms with Crippen LogP contribution in [0.5, 0.6) is 0 Å². The number of β-amino-alcohol motifs (C(OH)–C–C–N with tert-alkyl or cyclic N) is 1. The molecule has 0 unspecified atom stereocenters. The van der Waals surface area contributed by atoms with Crippen molar-refractivity contribution < 1.29 is 19.9 Å². The maximum absolute atomic E-state index is 9.91. The summed E-state index contributed by atoms with van der Waals surface area (Å²) >= 11 is 5.96. The monoisotopic (exact) mass is 314 g/mol. The summed E-state index contributed by atoms with van der Waals surface area (Å²) in [5, 5.41) is 23.1. The van der Waals surface area contributed by atoms with Gasteiger partial charge in [0.25, 0.3) is 0 Å². The SMILES string of the molecule is O[C@@H](CO/N=C(\Cl)c1ccc[n+](O)c1)CN1CCCCC1. The second kappa shape index (κ2) is 8.17. The molecular weight excluding hydrogens is 294 g/mol. The summed E-state index contributed by atoms with van der Waals surface area (Å²) in [5.74, 6) is 0. The summed E-state index contributed by atoms with van der Waals surface area (Å²) in [6.45, 7) is 2.75. The Bertz CT molecular complexity index is 478. The van der Waals surface area contributed by atoms with E-state index < -0.39 is 6.10 Å². The van der Waals surface area contributed by atoms with Crippen molar-refractivity contribution in [1.82, 2.24) is 4.90 Å². The van der Waals surface area contributed by atoms with Gasteiger partial charge < -0.3 is 14.8 Å². The highest BCUT2D eigenvalue weighted by Crippen LogP contribution is 2.09. The molecule has 2 rings (SSSR count). The van der Waals surface area contributed by atoms with Gasteiger partial charge in [0.05, 0.1) is 5.56 Å². The molecule has 0 radical (unpaired) electrons. The van der Waals surface area contributed by atoms with Crippen LogP contribution in [-0.4, -0.2) is 52.7 Å². The summed E-state index contributed by atoms with van der Waals surface area (Å²) in [4.78, 5) is 7.31. The molecule has 1 saturated heterocycles. The third-order valence-electron chi connectivity index (χ3n) is 3.35. The molecule has 0 bridgehead atoms. The lowest BCUT2D eigenvalue weighted by atomic mass is 10.1. The molecule has 116 valence electrons. The maximum Gasteiger partial charge on any atom is 0.232 e. The van der Waals surface area contributed by atoms with Crippen molar-refractivity contribution in [2.24, 2.45) is 5.16 Å². The zero-order valence-electron chi connectivity index (χ0n) is 11.9. The lowest BCUT2D eigenvalue weighted by molar-refractivity contribution is -0.904. The number of nitrogens with zero attached hydrogens (tertiary/aromatic N) is 3. The van der Waals surface area contributed by atoms with E-state index in [0.717, 1.165) is 17.8 Å². The van der Waals surface area contributed by atoms with Crippen LogP contribution < -0.4 is 4.73 Å². The van der Waals surface area contributed by atoms with E-state index in [2.05, 4.69) is 10.1 Å². The van der Waals surface area contributed by atoms with Crippen LogP contribution in [0, 0.1) is 0 Å². The van der Waals surface area contributed by atoms with Crippen LogP contribution in [0.4, 0.5) is 0 Å². The largest absolute Gasteiger partial charge is 0.392 e. The molecule has 1 aromatic heterocycles. The van der Waals surface area contributed by atoms with Gasteiger partial charge in [0.15, 0.2) is 5.17 Å². The Balaban J connectivity index is 1.75. The molecule has 1 fully saturated rings. The molecule has 0 aliphatic carbocycles. The molecule has 0 spiro atoms. The fraction of sp³-hybridized carbons (Fsp3) is 0.571. The summed E-state index contributed by atoms with van der Waals surface area (Å²) in [7, 11) is 0. The van der Waals surface area contributed by atoms with E-state index in [0.29, 0.717) is 12.1 Å². The molecule has 1 aromatic rings. The zero-order chi connectivity index (χ0) is 15.1. The smallest absolute Gasteiger partial charge is 0.232 e. The number of piperidine rings is 1. The number of aliphatic hydroxyl groups excluding tert-OH is 1. The predicted octanol–water partition coefficient (Wildman–Crippen LogP) is 0.975. The third kappa shape index (κ3) is 5.49. The molecule has 2 heterocycles. The van der Waals surface area contributed by atoms with Crippen LogP contribution in [0.15, 0.2) is 29.7 Å². The Kier molecular flexibility index (Phi) is 6.22. The first-order valence-corrected chi connectivity index (χ1v) is 7.50. The third-order valence-corrected chi connectivity index (χ3v) is 3.64. The molecule has 1 aliphatic rings. The van der Waals surface area contributed by atoms with Crippen molar-refractivity contribution >= 4 is 16.8 Å². The number of aliphatic hydroxyl groups is 1. The molecule has 2 N–H and O–H groups in total. The van der Waals surface area contributed by atoms with Crippen LogP contribution in [0.2, 0.25) is 0 Å². The van der Waals surface area contributed by atoms with Crippen molar-refractivity contribution in [3.63, 3.8) is 0 Å². The second-order valence-electron chi connectivity index (χ2n) is 5.17. The molecule has 1 atom stereocenters. The normalized spacial score (nSPS) is 18.5. The van der Waals surface area contributed by atoms with Gasteiger partial charge >= 0.3 is 0 Å². The first kappa shape index (κ1) is 16.0. The fourth-order valence-electron chi connectivity index (χ4n) is 2.31. The van der Waals surface area contributed by atoms with Gasteiger partial charge in [-0.3, -0.25) is 5.21 Å². The average Bonchev–Trinajstić information content (AvgIpc) is 2.48. The second-order valence-corrected chi connectivity index (χ2v) is 5.52. The highest BCUT2D eigenvalue weighted by molar-refractivity contribution is 6.69. The van der Waals surface area contributed by atoms with E-state index in [1.807, 2.05) is 0 Å². The standard InChI is InChI=1S/C14H21ClN3O3/c15-14(12-5-4-8-18(20)9-12)16-21-11-13(19)10-17-6-2-1-3-7-17/h4-5,8-9,13,19-20H,1-3,6-7,10-11H2/q+1/b16-14-/t13-/m1/s1. The van der Waals surface area contributed by atoms with Crippen molar-refractivity contribution in [1.29, 1.82) is 0 Å². The van der Waals surface area contributed by atoms with Crippen LogP contribution >= 0.6 is 11.6 Å². The van der Waals surface area contributed by atoms with Crippen molar-refractivity contribution in [2.45, 2.75) is 25.4 Å². The van der Waals surface area contributed by atoms with Gasteiger partial charge in [-0.25, -0.2) is 0 Å². The molecule has 0 amide bonds. The van der Waals surface area contributed by atoms with Crippen molar-refractivity contribution in [3.05, 3.63) is 30.1 Å². The molecule has 6 nitrogen and oxygen atoms in total. The van der Waals surface area contributed by atoms with E-state index in [-0.39, 0.29) is 11.8 Å². The van der Waals surface area contributed by atoms with Gasteiger partial charge in [-0.15, -0.1) is 0 Å². The van der Waals surface area contributed by atoms with E-state index in [9.17, 15) is 10.3 Å². The number of aromatic nitrogens is 1. The summed E-state index contributed by atoms with van der Waals surface area (Å²) in [6.07, 6.45) is 5.94. The molecule has 1 aliphatic heterocycles. The van der Waals surface area contributed by atoms with E-state index in [1.54, 1.807) is 12.1 Å². The van der Waals surface area contributed by atoms with Gasteiger partial charge in [-0.1, -0.05) is 23.2 Å². The molecular formula is C14H21ClN3O3+. The van der Waals surface area contributed by atoms with Gasteiger partial charge in [-0.05, 0) is 32.0 Å². The topological polar surface area (TPSA) is 69.2 Å². The van der Waals surface area contributed by atoms with E-state index >= 15 is 0 Å². The number of halogens is 1. The minimum atomic E-state index is -0.588. The Morgan fingerprint density at radius 1 is 1.43 bits per heavy atom. The van der Waals surface area contributed by atoms with E-state index in [4.69, 9.17) is 16.4 Å². The quantitative estimate of drug-likeness (QED) is 0.355. The first-order chi connectivity index (χ1) is 10.1. The predicted molar refractivity (Wildman–Crippen MR) is 78.5 cm³/mol. The maximum atomic E-state index is 9.91. The summed E-state index contributed by atoms with van der Waals surface area (Å²) < 4.78 is 0.887. The summed E-state index contributed by atoms with van der Waals surface area (Å²) in [6, 6.07) is 3.34. The Morgan fingerprint density at radius 3 is 2.90 bits per heavy atom. The molecule has 7 heteroatoms. The fourth-order valence-corrected chi connectivity index (χ4v) is 2.47.